The van der Waals surface area contributed by atoms with Gasteiger partial charge in [0.2, 0.25) is 10.0 Å². The molecule has 43 heavy (non-hydrogen) atoms. The molecule has 0 aliphatic rings. The molecule has 1 atom stereocenters. The number of aryl methyl sites for hydroxylation is 2. The van der Waals surface area contributed by atoms with Gasteiger partial charge in [-0.3, -0.25) is 14.8 Å². The first kappa shape index (κ1) is 34.1. The Kier molecular flexibility index (Phi) is 11.4. The molecule has 9 nitrogen and oxygen atoms in total. The molecule has 3 aromatic rings. The van der Waals surface area contributed by atoms with E-state index in [0.717, 1.165) is 35.7 Å². The summed E-state index contributed by atoms with van der Waals surface area (Å²) in [7, 11) is -3.21. The topological polar surface area (TPSA) is 133 Å². The smallest absolute Gasteiger partial charge is 0.416 e. The van der Waals surface area contributed by atoms with Crippen LogP contribution in [0.1, 0.15) is 49.9 Å². The molecule has 2 aromatic heterocycles. The zero-order chi connectivity index (χ0) is 31.8. The van der Waals surface area contributed by atoms with E-state index in [1.54, 1.807) is 12.4 Å². The number of pyridine rings is 2. The van der Waals surface area contributed by atoms with Gasteiger partial charge in [-0.25, -0.2) is 8.42 Å². The minimum atomic E-state index is -4.82. The fourth-order valence-electron chi connectivity index (χ4n) is 4.46. The molecule has 0 saturated heterocycles. The number of likely N-dealkylation sites (N-methyl/N-ethyl adjacent to an activating group) is 1. The summed E-state index contributed by atoms with van der Waals surface area (Å²) in [5.74, 6) is -1.01. The molecule has 3 rings (SSSR count). The first-order valence-corrected chi connectivity index (χ1v) is 15.2. The molecule has 0 aliphatic heterocycles. The van der Waals surface area contributed by atoms with Crippen molar-refractivity contribution in [1.29, 1.82) is 0 Å². The lowest BCUT2D eigenvalue weighted by atomic mass is 9.95. The first-order chi connectivity index (χ1) is 20.1. The fourth-order valence-corrected chi connectivity index (χ4v) is 5.74. The lowest BCUT2D eigenvalue weighted by Crippen LogP contribution is -2.46. The summed E-state index contributed by atoms with van der Waals surface area (Å²) in [4.78, 5) is 18.3. The Hall–Kier alpha value is -3.39. The van der Waals surface area contributed by atoms with Crippen LogP contribution in [0.5, 0.6) is 0 Å². The SMILES string of the molecule is CN(CC(O)CNC(C)(C)CCCc1ccncc1)S(=O)(=O)c1cc(-c2ccc(CCC(=O)O)nc2)cc(C(F)(F)F)c1. The third-order valence-corrected chi connectivity index (χ3v) is 8.80. The summed E-state index contributed by atoms with van der Waals surface area (Å²) < 4.78 is 68.9. The summed E-state index contributed by atoms with van der Waals surface area (Å²) in [5, 5.41) is 22.7. The molecule has 1 unspecified atom stereocenters. The summed E-state index contributed by atoms with van der Waals surface area (Å²) in [6, 6.07) is 9.39. The maximum absolute atomic E-state index is 13.8. The Bertz CT molecular complexity index is 1470. The monoisotopic (exact) mass is 622 g/mol. The predicted molar refractivity (Wildman–Crippen MR) is 156 cm³/mol. The van der Waals surface area contributed by atoms with Gasteiger partial charge in [-0.2, -0.15) is 17.5 Å². The van der Waals surface area contributed by atoms with Crippen LogP contribution < -0.4 is 5.32 Å². The summed E-state index contributed by atoms with van der Waals surface area (Å²) >= 11 is 0. The third-order valence-electron chi connectivity index (χ3n) is 7.00. The second kappa shape index (κ2) is 14.4. The lowest BCUT2D eigenvalue weighted by Gasteiger charge is -2.29. The van der Waals surface area contributed by atoms with E-state index in [-0.39, 0.29) is 42.6 Å². The van der Waals surface area contributed by atoms with Gasteiger partial charge in [-0.05, 0) is 80.6 Å². The van der Waals surface area contributed by atoms with Gasteiger partial charge in [0, 0.05) is 61.9 Å². The largest absolute Gasteiger partial charge is 0.481 e. The lowest BCUT2D eigenvalue weighted by molar-refractivity contribution is -0.138. The number of nitrogens with one attached hydrogen (secondary N) is 1. The van der Waals surface area contributed by atoms with E-state index in [9.17, 15) is 31.5 Å². The number of aromatic nitrogens is 2. The third kappa shape index (κ3) is 10.4. The number of aliphatic carboxylic acids is 1. The van der Waals surface area contributed by atoms with Crippen LogP contribution in [0.3, 0.4) is 0 Å². The number of nitrogens with zero attached hydrogens (tertiary/aromatic N) is 3. The molecule has 1 aromatic carbocycles. The highest BCUT2D eigenvalue weighted by Crippen LogP contribution is 2.35. The number of hydrogen-bond acceptors (Lipinski definition) is 7. The molecule has 0 spiro atoms. The molecular formula is C30H37F3N4O5S. The fraction of sp³-hybridized carbons (Fsp3) is 0.433. The Balaban J connectivity index is 1.69. The van der Waals surface area contributed by atoms with Gasteiger partial charge >= 0.3 is 12.1 Å². The normalized spacial score (nSPS) is 13.3. The van der Waals surface area contributed by atoms with Gasteiger partial charge in [0.05, 0.1) is 23.0 Å². The number of rotatable bonds is 15. The Labute approximate surface area is 249 Å². The van der Waals surface area contributed by atoms with E-state index in [1.807, 2.05) is 26.0 Å². The number of sulfonamides is 1. The first-order valence-electron chi connectivity index (χ1n) is 13.7. The molecule has 0 fully saturated rings. The van der Waals surface area contributed by atoms with Crippen LogP contribution in [0, 0.1) is 0 Å². The van der Waals surface area contributed by atoms with Crippen molar-refractivity contribution >= 4 is 16.0 Å². The maximum atomic E-state index is 13.8. The van der Waals surface area contributed by atoms with Crippen molar-refractivity contribution in [1.82, 2.24) is 19.6 Å². The van der Waals surface area contributed by atoms with Crippen molar-refractivity contribution in [3.8, 4) is 11.1 Å². The van der Waals surface area contributed by atoms with E-state index in [2.05, 4.69) is 15.3 Å². The number of β-amino-alcohol motifs (C(OH)–C–C–N with tert-alkyl or cyclic N) is 1. The zero-order valence-electron chi connectivity index (χ0n) is 24.3. The summed E-state index contributed by atoms with van der Waals surface area (Å²) in [6.45, 7) is 3.69. The molecule has 2 heterocycles. The molecule has 3 N–H and O–H groups in total. The zero-order valence-corrected chi connectivity index (χ0v) is 25.1. The highest BCUT2D eigenvalue weighted by Gasteiger charge is 2.34. The summed E-state index contributed by atoms with van der Waals surface area (Å²) in [6.07, 6.45) is 1.33. The minimum absolute atomic E-state index is 0.0187. The van der Waals surface area contributed by atoms with Crippen molar-refractivity contribution in [3.05, 3.63) is 77.9 Å². The predicted octanol–water partition coefficient (Wildman–Crippen LogP) is 4.55. The number of hydrogen-bond donors (Lipinski definition) is 3. The highest BCUT2D eigenvalue weighted by atomic mass is 32.2. The van der Waals surface area contributed by atoms with Gasteiger partial charge in [-0.15, -0.1) is 0 Å². The van der Waals surface area contributed by atoms with E-state index >= 15 is 0 Å². The molecule has 234 valence electrons. The Morgan fingerprint density at radius 1 is 1.05 bits per heavy atom. The van der Waals surface area contributed by atoms with Gasteiger partial charge in [-0.1, -0.05) is 6.07 Å². The second-order valence-electron chi connectivity index (χ2n) is 11.1. The number of carbonyl (C=O) groups is 1. The van der Waals surface area contributed by atoms with E-state index in [1.165, 1.54) is 30.9 Å². The van der Waals surface area contributed by atoms with Crippen LogP contribution >= 0.6 is 0 Å². The van der Waals surface area contributed by atoms with Crippen molar-refractivity contribution in [3.63, 3.8) is 0 Å². The van der Waals surface area contributed by atoms with Crippen LogP contribution in [0.4, 0.5) is 13.2 Å². The standard InChI is InChI=1S/C30H37F3N4O5S/c1-29(2,12-4-5-21-10-13-34-14-11-21)36-19-26(38)20-37(3)43(41,42)27-16-23(15-24(17-27)30(31,32)33)22-6-7-25(35-18-22)8-9-28(39)40/h6-7,10-11,13-18,26,36,38H,4-5,8-9,12,19-20H2,1-3H3,(H,39,40). The minimum Gasteiger partial charge on any atom is -0.481 e. The number of aliphatic hydroxyl groups is 1. The second-order valence-corrected chi connectivity index (χ2v) is 13.1. The molecule has 0 aliphatic carbocycles. The van der Waals surface area contributed by atoms with Crippen molar-refractivity contribution in [2.24, 2.45) is 0 Å². The average molecular weight is 623 g/mol. The number of benzene rings is 1. The number of carboxylic acid groups (broad SMARTS) is 1. The van der Waals surface area contributed by atoms with E-state index < -0.39 is 38.7 Å². The van der Waals surface area contributed by atoms with Crippen LogP contribution in [0.25, 0.3) is 11.1 Å². The highest BCUT2D eigenvalue weighted by molar-refractivity contribution is 7.89. The maximum Gasteiger partial charge on any atom is 0.416 e. The Morgan fingerprint density at radius 2 is 1.74 bits per heavy atom. The van der Waals surface area contributed by atoms with E-state index in [4.69, 9.17) is 5.11 Å². The molecule has 0 radical (unpaired) electrons. The number of halogens is 3. The van der Waals surface area contributed by atoms with Gasteiger partial charge in [0.15, 0.2) is 0 Å². The van der Waals surface area contributed by atoms with Crippen LogP contribution in [0.15, 0.2) is 66.0 Å². The number of aliphatic hydroxyl groups excluding tert-OH is 1. The van der Waals surface area contributed by atoms with Gasteiger partial charge < -0.3 is 15.5 Å². The van der Waals surface area contributed by atoms with Crippen LogP contribution in [0.2, 0.25) is 0 Å². The van der Waals surface area contributed by atoms with Crippen molar-refractivity contribution in [2.75, 3.05) is 20.1 Å². The molecule has 13 heteroatoms. The van der Waals surface area contributed by atoms with Crippen molar-refractivity contribution in [2.45, 2.75) is 68.7 Å². The molecule has 0 bridgehead atoms. The summed E-state index contributed by atoms with van der Waals surface area (Å²) in [5.41, 5.74) is 0.320. The van der Waals surface area contributed by atoms with Crippen LogP contribution in [-0.2, 0) is 33.8 Å². The van der Waals surface area contributed by atoms with E-state index in [0.29, 0.717) is 11.8 Å². The van der Waals surface area contributed by atoms with Gasteiger partial charge in [0.1, 0.15) is 0 Å². The average Bonchev–Trinajstić information content (AvgIpc) is 2.95. The molecule has 0 amide bonds. The number of alkyl halides is 3. The Morgan fingerprint density at radius 3 is 2.35 bits per heavy atom. The van der Waals surface area contributed by atoms with Crippen molar-refractivity contribution < 1.29 is 36.6 Å². The molecule has 0 saturated carbocycles. The van der Waals surface area contributed by atoms with Crippen LogP contribution in [-0.4, -0.2) is 70.7 Å². The number of carboxylic acids is 1. The quantitative estimate of drug-likeness (QED) is 0.225. The molecular weight excluding hydrogens is 585 g/mol. The van der Waals surface area contributed by atoms with Gasteiger partial charge in [0.25, 0.3) is 0 Å².